The maximum Gasteiger partial charge on any atom is 0.0658 e. The summed E-state index contributed by atoms with van der Waals surface area (Å²) in [6.45, 7) is 8.81. The highest BCUT2D eigenvalue weighted by Crippen LogP contribution is 2.45. The second-order valence-electron chi connectivity index (χ2n) is 6.15. The number of allylic oxidation sites excluding steroid dienone is 2. The van der Waals surface area contributed by atoms with Crippen molar-refractivity contribution in [1.29, 1.82) is 0 Å². The molecule has 0 bridgehead atoms. The first-order valence-corrected chi connectivity index (χ1v) is 7.70. The molecule has 4 atom stereocenters. The molecule has 4 unspecified atom stereocenters. The molecule has 0 heterocycles. The normalized spacial score (nSPS) is 39.6. The topological polar surface area (TPSA) is 21.3 Å². The summed E-state index contributed by atoms with van der Waals surface area (Å²) in [5, 5.41) is 3.80. The molecule has 1 saturated carbocycles. The first kappa shape index (κ1) is 14.1. The van der Waals surface area contributed by atoms with E-state index in [0.29, 0.717) is 17.6 Å². The van der Waals surface area contributed by atoms with Crippen LogP contribution in [-0.4, -0.2) is 25.3 Å². The molecule has 0 amide bonds. The first-order valence-electron chi connectivity index (χ1n) is 7.70. The molecule has 2 aliphatic rings. The van der Waals surface area contributed by atoms with Gasteiger partial charge in [0.25, 0.3) is 0 Å². The smallest absolute Gasteiger partial charge is 0.0658 e. The van der Waals surface area contributed by atoms with Gasteiger partial charge in [-0.05, 0) is 51.5 Å². The van der Waals surface area contributed by atoms with Gasteiger partial charge in [0.2, 0.25) is 0 Å². The summed E-state index contributed by atoms with van der Waals surface area (Å²) in [4.78, 5) is 0. The Morgan fingerprint density at radius 3 is 2.78 bits per heavy atom. The van der Waals surface area contributed by atoms with Gasteiger partial charge in [-0.1, -0.05) is 26.0 Å². The Morgan fingerprint density at radius 1 is 1.33 bits per heavy atom. The van der Waals surface area contributed by atoms with E-state index < -0.39 is 0 Å². The fourth-order valence-corrected chi connectivity index (χ4v) is 3.42. The van der Waals surface area contributed by atoms with Crippen molar-refractivity contribution >= 4 is 0 Å². The van der Waals surface area contributed by atoms with Crippen molar-refractivity contribution in [2.75, 3.05) is 13.2 Å². The fourth-order valence-electron chi connectivity index (χ4n) is 3.42. The van der Waals surface area contributed by atoms with Gasteiger partial charge in [0.05, 0.1) is 6.10 Å². The zero-order valence-corrected chi connectivity index (χ0v) is 12.2. The molecular weight excluding hydrogens is 222 g/mol. The second kappa shape index (κ2) is 6.21. The summed E-state index contributed by atoms with van der Waals surface area (Å²) >= 11 is 0. The highest BCUT2D eigenvalue weighted by atomic mass is 16.5. The molecule has 1 N–H and O–H groups in total. The van der Waals surface area contributed by atoms with E-state index in [0.717, 1.165) is 12.5 Å². The van der Waals surface area contributed by atoms with E-state index in [1.54, 1.807) is 0 Å². The molecule has 18 heavy (non-hydrogen) atoms. The van der Waals surface area contributed by atoms with E-state index in [4.69, 9.17) is 4.74 Å². The van der Waals surface area contributed by atoms with Crippen LogP contribution in [0.3, 0.4) is 0 Å². The van der Waals surface area contributed by atoms with Gasteiger partial charge in [0, 0.05) is 18.1 Å². The third-order valence-electron chi connectivity index (χ3n) is 5.14. The van der Waals surface area contributed by atoms with Crippen LogP contribution in [0.1, 0.15) is 52.9 Å². The van der Waals surface area contributed by atoms with E-state index in [9.17, 15) is 0 Å². The fraction of sp³-hybridized carbons (Fsp3) is 0.875. The standard InChI is InChI=1S/C16H29NO/c1-4-16(3)14(11-15(16)18-5-2)17-12-13-9-7-6-8-10-13/h6-7,13-15,17H,4-5,8-12H2,1-3H3. The lowest BCUT2D eigenvalue weighted by molar-refractivity contribution is -0.126. The Morgan fingerprint density at radius 2 is 2.17 bits per heavy atom. The van der Waals surface area contributed by atoms with Gasteiger partial charge in [-0.3, -0.25) is 0 Å². The Labute approximate surface area is 112 Å². The van der Waals surface area contributed by atoms with Gasteiger partial charge in [0.1, 0.15) is 0 Å². The summed E-state index contributed by atoms with van der Waals surface area (Å²) in [6, 6.07) is 0.657. The molecule has 0 aromatic rings. The number of rotatable bonds is 6. The maximum atomic E-state index is 5.86. The number of ether oxygens (including phenoxy) is 1. The summed E-state index contributed by atoms with van der Waals surface area (Å²) < 4.78 is 5.86. The minimum atomic E-state index is 0.348. The molecule has 0 aromatic heterocycles. The van der Waals surface area contributed by atoms with Crippen LogP contribution in [-0.2, 0) is 4.74 Å². The predicted molar refractivity (Wildman–Crippen MR) is 76.7 cm³/mol. The molecule has 2 heteroatoms. The largest absolute Gasteiger partial charge is 0.378 e. The molecule has 0 saturated heterocycles. The SMILES string of the molecule is CCOC1CC(NCC2CC=CCC2)C1(C)CC. The van der Waals surface area contributed by atoms with Gasteiger partial charge >= 0.3 is 0 Å². The Hall–Kier alpha value is -0.340. The lowest BCUT2D eigenvalue weighted by Gasteiger charge is -2.54. The first-order chi connectivity index (χ1) is 8.70. The zero-order valence-electron chi connectivity index (χ0n) is 12.2. The average Bonchev–Trinajstić information content (AvgIpc) is 2.42. The van der Waals surface area contributed by atoms with Crippen LogP contribution in [0.4, 0.5) is 0 Å². The predicted octanol–water partition coefficient (Wildman–Crippen LogP) is 3.53. The van der Waals surface area contributed by atoms with Crippen molar-refractivity contribution in [3.63, 3.8) is 0 Å². The lowest BCUT2D eigenvalue weighted by Crippen LogP contribution is -2.62. The van der Waals surface area contributed by atoms with Gasteiger partial charge in [-0.25, -0.2) is 0 Å². The molecule has 2 nitrogen and oxygen atoms in total. The molecular formula is C16H29NO. The van der Waals surface area contributed by atoms with E-state index in [1.807, 2.05) is 0 Å². The van der Waals surface area contributed by atoms with Crippen molar-refractivity contribution in [3.05, 3.63) is 12.2 Å². The second-order valence-corrected chi connectivity index (χ2v) is 6.15. The molecule has 0 aliphatic heterocycles. The molecule has 2 rings (SSSR count). The van der Waals surface area contributed by atoms with E-state index in [-0.39, 0.29) is 0 Å². The minimum absolute atomic E-state index is 0.348. The lowest BCUT2D eigenvalue weighted by atomic mass is 9.61. The van der Waals surface area contributed by atoms with Gasteiger partial charge < -0.3 is 10.1 Å². The van der Waals surface area contributed by atoms with Crippen LogP contribution in [0.5, 0.6) is 0 Å². The Balaban J connectivity index is 1.78. The third kappa shape index (κ3) is 2.80. The van der Waals surface area contributed by atoms with E-state index >= 15 is 0 Å². The number of hydrogen-bond acceptors (Lipinski definition) is 2. The van der Waals surface area contributed by atoms with Crippen molar-refractivity contribution in [2.45, 2.75) is 65.0 Å². The minimum Gasteiger partial charge on any atom is -0.378 e. The number of hydrogen-bond donors (Lipinski definition) is 1. The maximum absolute atomic E-state index is 5.86. The number of nitrogens with one attached hydrogen (secondary N) is 1. The van der Waals surface area contributed by atoms with Crippen LogP contribution < -0.4 is 5.32 Å². The van der Waals surface area contributed by atoms with Crippen molar-refractivity contribution < 1.29 is 4.74 Å². The molecule has 2 aliphatic carbocycles. The summed E-state index contributed by atoms with van der Waals surface area (Å²) in [5.41, 5.74) is 0.348. The third-order valence-corrected chi connectivity index (χ3v) is 5.14. The summed E-state index contributed by atoms with van der Waals surface area (Å²) in [7, 11) is 0. The highest BCUT2D eigenvalue weighted by Gasteiger charge is 2.50. The van der Waals surface area contributed by atoms with Crippen LogP contribution in [0, 0.1) is 11.3 Å². The van der Waals surface area contributed by atoms with Gasteiger partial charge in [-0.2, -0.15) is 0 Å². The van der Waals surface area contributed by atoms with Crippen molar-refractivity contribution in [2.24, 2.45) is 11.3 Å². The Bertz CT molecular complexity index is 289. The summed E-state index contributed by atoms with van der Waals surface area (Å²) in [5.74, 6) is 0.849. The highest BCUT2D eigenvalue weighted by molar-refractivity contribution is 5.05. The van der Waals surface area contributed by atoms with Gasteiger partial charge in [0.15, 0.2) is 0 Å². The summed E-state index contributed by atoms with van der Waals surface area (Å²) in [6.07, 6.45) is 11.4. The zero-order chi connectivity index (χ0) is 13.0. The molecule has 104 valence electrons. The molecule has 0 radical (unpaired) electrons. The van der Waals surface area contributed by atoms with Crippen LogP contribution >= 0.6 is 0 Å². The monoisotopic (exact) mass is 251 g/mol. The van der Waals surface area contributed by atoms with Crippen LogP contribution in [0.25, 0.3) is 0 Å². The van der Waals surface area contributed by atoms with E-state index in [1.165, 1.54) is 38.6 Å². The Kier molecular flexibility index (Phi) is 4.85. The molecule has 1 fully saturated rings. The van der Waals surface area contributed by atoms with E-state index in [2.05, 4.69) is 38.2 Å². The quantitative estimate of drug-likeness (QED) is 0.729. The average molecular weight is 251 g/mol. The van der Waals surface area contributed by atoms with Gasteiger partial charge in [-0.15, -0.1) is 0 Å². The molecule has 0 aromatic carbocycles. The van der Waals surface area contributed by atoms with Crippen molar-refractivity contribution in [1.82, 2.24) is 5.32 Å². The van der Waals surface area contributed by atoms with Crippen LogP contribution in [0.2, 0.25) is 0 Å². The molecule has 0 spiro atoms. The van der Waals surface area contributed by atoms with Crippen LogP contribution in [0.15, 0.2) is 12.2 Å². The van der Waals surface area contributed by atoms with Crippen molar-refractivity contribution in [3.8, 4) is 0 Å².